The lowest BCUT2D eigenvalue weighted by molar-refractivity contribution is -0.161. The summed E-state index contributed by atoms with van der Waals surface area (Å²) in [6, 6.07) is 0. The van der Waals surface area contributed by atoms with E-state index in [2.05, 4.69) is 6.58 Å². The number of rotatable bonds is 3. The molecule has 27 heavy (non-hydrogen) atoms. The van der Waals surface area contributed by atoms with E-state index in [1.54, 1.807) is 0 Å². The van der Waals surface area contributed by atoms with E-state index < -0.39 is 36.0 Å². The van der Waals surface area contributed by atoms with Crippen LogP contribution in [0.2, 0.25) is 0 Å². The van der Waals surface area contributed by atoms with Crippen molar-refractivity contribution in [2.75, 3.05) is 12.9 Å². The minimum atomic E-state index is -2.01. The number of carbonyl (C=O) groups excluding carboxylic acids is 2. The Kier molecular flexibility index (Phi) is 8.99. The second-order valence-electron chi connectivity index (χ2n) is 7.35. The molecular weight excluding hydrogens is 364 g/mol. The number of hydrogen-bond donors (Lipinski definition) is 2. The number of thioether (sulfide) groups is 1. The Morgan fingerprint density at radius 3 is 2.52 bits per heavy atom. The SMILES string of the molecule is C=C1/C=C(\C)[C@H](CC)OC(=O)[C@H](C)C(=O)[C@@](O)(CO)C/C(SC)=C/[C@@H](C)C1. The number of hydrogen-bond acceptors (Lipinski definition) is 6. The molecule has 0 radical (unpaired) electrons. The molecule has 0 aliphatic carbocycles. The summed E-state index contributed by atoms with van der Waals surface area (Å²) in [6.07, 6.45) is 6.55. The third kappa shape index (κ3) is 6.33. The van der Waals surface area contributed by atoms with Gasteiger partial charge >= 0.3 is 5.97 Å². The molecule has 1 aliphatic rings. The fraction of sp³-hybridized carbons (Fsp3) is 0.619. The Labute approximate surface area is 166 Å². The molecule has 0 aromatic carbocycles. The van der Waals surface area contributed by atoms with Crippen molar-refractivity contribution < 1.29 is 24.5 Å². The second kappa shape index (κ2) is 10.2. The Bertz CT molecular complexity index is 636. The normalized spacial score (nSPS) is 35.5. The first-order valence-electron chi connectivity index (χ1n) is 9.26. The van der Waals surface area contributed by atoms with Crippen LogP contribution in [-0.2, 0) is 14.3 Å². The van der Waals surface area contributed by atoms with Crippen LogP contribution in [0.3, 0.4) is 0 Å². The van der Waals surface area contributed by atoms with Crippen LogP contribution in [-0.4, -0.2) is 46.5 Å². The predicted octanol–water partition coefficient (Wildman–Crippen LogP) is 3.42. The molecule has 1 aliphatic heterocycles. The largest absolute Gasteiger partial charge is 0.457 e. The Morgan fingerprint density at radius 2 is 2.00 bits per heavy atom. The molecule has 0 unspecified atom stereocenters. The lowest BCUT2D eigenvalue weighted by Gasteiger charge is -2.29. The molecule has 1 rings (SSSR count). The van der Waals surface area contributed by atoms with Crippen LogP contribution in [0.15, 0.2) is 34.8 Å². The van der Waals surface area contributed by atoms with Crippen LogP contribution in [0.25, 0.3) is 0 Å². The van der Waals surface area contributed by atoms with E-state index in [0.29, 0.717) is 12.8 Å². The van der Waals surface area contributed by atoms with Crippen molar-refractivity contribution in [3.8, 4) is 0 Å². The van der Waals surface area contributed by atoms with Crippen LogP contribution in [0, 0.1) is 11.8 Å². The smallest absolute Gasteiger partial charge is 0.316 e. The number of ether oxygens (including phenoxy) is 1. The van der Waals surface area contributed by atoms with E-state index in [-0.39, 0.29) is 12.3 Å². The van der Waals surface area contributed by atoms with Gasteiger partial charge in [-0.25, -0.2) is 0 Å². The maximum atomic E-state index is 12.8. The van der Waals surface area contributed by atoms with E-state index in [4.69, 9.17) is 4.74 Å². The monoisotopic (exact) mass is 396 g/mol. The molecule has 0 fully saturated rings. The topological polar surface area (TPSA) is 83.8 Å². The second-order valence-corrected chi connectivity index (χ2v) is 8.28. The number of esters is 1. The molecule has 0 saturated carbocycles. The number of aliphatic hydroxyl groups excluding tert-OH is 1. The quantitative estimate of drug-likeness (QED) is 0.562. The summed E-state index contributed by atoms with van der Waals surface area (Å²) in [5, 5.41) is 20.5. The predicted molar refractivity (Wildman–Crippen MR) is 109 cm³/mol. The van der Waals surface area contributed by atoms with E-state index in [1.165, 1.54) is 18.7 Å². The highest BCUT2D eigenvalue weighted by atomic mass is 32.2. The van der Waals surface area contributed by atoms with E-state index in [0.717, 1.165) is 16.1 Å². The number of carbonyl (C=O) groups is 2. The van der Waals surface area contributed by atoms with Crippen LogP contribution < -0.4 is 0 Å². The van der Waals surface area contributed by atoms with Crippen molar-refractivity contribution in [2.24, 2.45) is 11.8 Å². The lowest BCUT2D eigenvalue weighted by Crippen LogP contribution is -2.48. The summed E-state index contributed by atoms with van der Waals surface area (Å²) in [5.41, 5.74) is -0.225. The van der Waals surface area contributed by atoms with Gasteiger partial charge in [0.05, 0.1) is 6.61 Å². The molecule has 0 bridgehead atoms. The van der Waals surface area contributed by atoms with Gasteiger partial charge in [0.2, 0.25) is 0 Å². The number of aliphatic hydroxyl groups is 2. The summed E-state index contributed by atoms with van der Waals surface area (Å²) in [4.78, 5) is 26.0. The van der Waals surface area contributed by atoms with Crippen molar-refractivity contribution in [3.05, 3.63) is 34.8 Å². The van der Waals surface area contributed by atoms with Crippen molar-refractivity contribution in [3.63, 3.8) is 0 Å². The highest BCUT2D eigenvalue weighted by Crippen LogP contribution is 2.30. The van der Waals surface area contributed by atoms with Crippen LogP contribution in [0.4, 0.5) is 0 Å². The maximum absolute atomic E-state index is 12.8. The van der Waals surface area contributed by atoms with Gasteiger partial charge in [-0.15, -0.1) is 11.8 Å². The molecule has 0 aromatic rings. The third-order valence-corrected chi connectivity index (χ3v) is 5.62. The van der Waals surface area contributed by atoms with Gasteiger partial charge in [-0.1, -0.05) is 38.2 Å². The number of Topliss-reactive ketones (excluding diaryl/α,β-unsaturated/α-hetero) is 1. The van der Waals surface area contributed by atoms with Gasteiger partial charge < -0.3 is 14.9 Å². The first kappa shape index (κ1) is 23.7. The third-order valence-electron chi connectivity index (χ3n) is 4.82. The first-order chi connectivity index (χ1) is 12.6. The molecule has 2 N–H and O–H groups in total. The fourth-order valence-corrected chi connectivity index (χ4v) is 3.97. The zero-order chi connectivity index (χ0) is 20.8. The Balaban J connectivity index is 3.38. The maximum Gasteiger partial charge on any atom is 0.316 e. The molecule has 0 spiro atoms. The minimum absolute atomic E-state index is 0.0377. The zero-order valence-corrected chi connectivity index (χ0v) is 17.8. The molecule has 1 heterocycles. The zero-order valence-electron chi connectivity index (χ0n) is 16.9. The molecule has 4 atom stereocenters. The van der Waals surface area contributed by atoms with Gasteiger partial charge in [-0.05, 0) is 49.3 Å². The van der Waals surface area contributed by atoms with E-state index in [9.17, 15) is 19.8 Å². The number of cyclic esters (lactones) is 1. The molecular formula is C21H32O5S. The van der Waals surface area contributed by atoms with Gasteiger partial charge in [-0.3, -0.25) is 9.59 Å². The average Bonchev–Trinajstić information content (AvgIpc) is 2.62. The summed E-state index contributed by atoms with van der Waals surface area (Å²) in [5.74, 6) is -2.45. The summed E-state index contributed by atoms with van der Waals surface area (Å²) >= 11 is 1.41. The summed E-state index contributed by atoms with van der Waals surface area (Å²) in [6.45, 7) is 10.6. The Hall–Kier alpha value is -1.37. The van der Waals surface area contributed by atoms with Gasteiger partial charge in [0.1, 0.15) is 12.0 Å². The highest BCUT2D eigenvalue weighted by Gasteiger charge is 2.42. The molecule has 0 saturated heterocycles. The van der Waals surface area contributed by atoms with Crippen molar-refractivity contribution in [2.45, 2.75) is 58.7 Å². The lowest BCUT2D eigenvalue weighted by atomic mass is 9.86. The van der Waals surface area contributed by atoms with Crippen molar-refractivity contribution in [1.82, 2.24) is 0 Å². The van der Waals surface area contributed by atoms with Gasteiger partial charge in [0.15, 0.2) is 11.4 Å². The van der Waals surface area contributed by atoms with Crippen LogP contribution >= 0.6 is 11.8 Å². The average molecular weight is 397 g/mol. The van der Waals surface area contributed by atoms with Crippen molar-refractivity contribution in [1.29, 1.82) is 0 Å². The molecule has 0 aromatic heterocycles. The standard InChI is InChI=1S/C21H32O5S/c1-7-18-15(4)9-13(2)8-14(3)10-17(27-6)11-21(25,12-22)19(23)16(5)20(24)26-18/h9-10,14,16,18,22,25H,2,7-8,11-12H2,1,3-6H3/b15-9+,17-10-/t14-,16+,18-,21-/m0/s1. The van der Waals surface area contributed by atoms with Crippen molar-refractivity contribution >= 4 is 23.5 Å². The number of allylic oxidation sites excluding steroid dienone is 3. The summed E-state index contributed by atoms with van der Waals surface area (Å²) in [7, 11) is 0. The molecule has 152 valence electrons. The fourth-order valence-electron chi connectivity index (χ4n) is 3.22. The molecule has 6 heteroatoms. The first-order valence-corrected chi connectivity index (χ1v) is 10.5. The van der Waals surface area contributed by atoms with Crippen LogP contribution in [0.1, 0.15) is 47.0 Å². The van der Waals surface area contributed by atoms with Gasteiger partial charge in [0.25, 0.3) is 0 Å². The van der Waals surface area contributed by atoms with Crippen LogP contribution in [0.5, 0.6) is 0 Å². The number of ketones is 1. The van der Waals surface area contributed by atoms with Gasteiger partial charge in [0, 0.05) is 6.42 Å². The molecule has 5 nitrogen and oxygen atoms in total. The minimum Gasteiger partial charge on any atom is -0.457 e. The van der Waals surface area contributed by atoms with E-state index >= 15 is 0 Å². The van der Waals surface area contributed by atoms with Gasteiger partial charge in [-0.2, -0.15) is 0 Å². The Morgan fingerprint density at radius 1 is 1.37 bits per heavy atom. The molecule has 0 amide bonds. The highest BCUT2D eigenvalue weighted by molar-refractivity contribution is 8.02. The van der Waals surface area contributed by atoms with E-state index in [1.807, 2.05) is 39.2 Å². The summed E-state index contributed by atoms with van der Waals surface area (Å²) < 4.78 is 5.52.